The van der Waals surface area contributed by atoms with Gasteiger partial charge >= 0.3 is 0 Å². The first-order chi connectivity index (χ1) is 20.4. The van der Waals surface area contributed by atoms with Gasteiger partial charge in [-0.15, -0.1) is 0 Å². The zero-order valence-corrected chi connectivity index (χ0v) is 22.7. The van der Waals surface area contributed by atoms with Crippen LogP contribution in [0.5, 0.6) is 0 Å². The fourth-order valence-corrected chi connectivity index (χ4v) is 6.44. The fourth-order valence-electron chi connectivity index (χ4n) is 6.44. The molecule has 2 saturated carbocycles. The molecule has 3 fully saturated rings. The molecule has 5 heterocycles. The quantitative estimate of drug-likeness (QED) is 0.289. The Morgan fingerprint density at radius 3 is 2.62 bits per heavy atom. The van der Waals surface area contributed by atoms with Crippen molar-refractivity contribution in [1.82, 2.24) is 35.2 Å². The minimum absolute atomic E-state index is 0.0954. The zero-order chi connectivity index (χ0) is 28.5. The van der Waals surface area contributed by atoms with Gasteiger partial charge in [0.2, 0.25) is 11.8 Å². The van der Waals surface area contributed by atoms with E-state index in [-0.39, 0.29) is 24.0 Å². The first kappa shape index (κ1) is 24.9. The van der Waals surface area contributed by atoms with Gasteiger partial charge in [-0.05, 0) is 62.3 Å². The second-order valence-electron chi connectivity index (χ2n) is 11.8. The Balaban J connectivity index is 0.931. The standard InChI is InChI=1S/C30H28N8O4/c39-25-6-5-24(28(40)34-25)38-29(41)19-4-3-17(11-20(19)30(38)42)32-12-15-9-18(10-15)37-14-22(26(36-37)16-1-2-16)27-21-13-33-35-23(21)7-8-31-27/h3-4,7-8,11,13-16,18,24,32H,1-2,5-6,9-10,12H2,(H,33,35)(H,34,39,40)/t15-,18-,24?. The fraction of sp³-hybridized carbons (Fsp3) is 0.367. The number of carbonyl (C=O) groups excluding carboxylic acids is 4. The molecule has 12 heteroatoms. The lowest BCUT2D eigenvalue weighted by Crippen LogP contribution is -2.54. The number of amides is 4. The maximum atomic E-state index is 13.1. The number of carbonyl (C=O) groups is 4. The molecule has 0 bridgehead atoms. The molecule has 4 aliphatic rings. The summed E-state index contributed by atoms with van der Waals surface area (Å²) in [6.07, 6.45) is 10.3. The SMILES string of the molecule is O=C1CCC(N2C(=O)c3ccc(NC[C@H]4C[C@H](n5cc(-c6nccc7[nH]ncc67)c(C6CC6)n5)C4)cc3C2=O)C(=O)N1. The lowest BCUT2D eigenvalue weighted by molar-refractivity contribution is -0.136. The van der Waals surface area contributed by atoms with Crippen LogP contribution in [0.1, 0.15) is 76.9 Å². The maximum Gasteiger partial charge on any atom is 0.262 e. The van der Waals surface area contributed by atoms with Crippen LogP contribution in [-0.2, 0) is 9.59 Å². The van der Waals surface area contributed by atoms with Crippen LogP contribution in [0.15, 0.2) is 42.9 Å². The number of aromatic amines is 1. The molecule has 0 radical (unpaired) electrons. The van der Waals surface area contributed by atoms with Gasteiger partial charge in [-0.1, -0.05) is 0 Å². The van der Waals surface area contributed by atoms with Gasteiger partial charge in [0.05, 0.1) is 40.3 Å². The monoisotopic (exact) mass is 564 g/mol. The topological polar surface area (TPSA) is 155 Å². The molecule has 1 atom stereocenters. The highest BCUT2D eigenvalue weighted by atomic mass is 16.2. The van der Waals surface area contributed by atoms with E-state index in [4.69, 9.17) is 5.10 Å². The van der Waals surface area contributed by atoms with Gasteiger partial charge in [0, 0.05) is 47.9 Å². The number of imide groups is 2. The van der Waals surface area contributed by atoms with Crippen molar-refractivity contribution in [3.63, 3.8) is 0 Å². The van der Waals surface area contributed by atoms with Crippen LogP contribution >= 0.6 is 0 Å². The molecule has 1 unspecified atom stereocenters. The number of hydrogen-bond acceptors (Lipinski definition) is 8. The Hall–Kier alpha value is -4.87. The third kappa shape index (κ3) is 4.00. The molecule has 0 spiro atoms. The van der Waals surface area contributed by atoms with E-state index in [1.54, 1.807) is 18.2 Å². The Morgan fingerprint density at radius 2 is 1.81 bits per heavy atom. The second-order valence-corrected chi connectivity index (χ2v) is 11.8. The van der Waals surface area contributed by atoms with E-state index in [9.17, 15) is 19.2 Å². The van der Waals surface area contributed by atoms with Gasteiger partial charge in [-0.2, -0.15) is 10.2 Å². The Morgan fingerprint density at radius 1 is 0.976 bits per heavy atom. The number of H-pyrrole nitrogens is 1. The summed E-state index contributed by atoms with van der Waals surface area (Å²) < 4.78 is 2.11. The van der Waals surface area contributed by atoms with Crippen molar-refractivity contribution >= 4 is 40.2 Å². The molecule has 42 heavy (non-hydrogen) atoms. The molecule has 4 amide bonds. The number of fused-ring (bicyclic) bond motifs is 2. The Bertz CT molecular complexity index is 1800. The summed E-state index contributed by atoms with van der Waals surface area (Å²) in [6.45, 7) is 0.730. The summed E-state index contributed by atoms with van der Waals surface area (Å²) in [5.41, 5.74) is 5.41. The molecule has 2 aliphatic heterocycles. The van der Waals surface area contributed by atoms with Crippen LogP contribution in [0.4, 0.5) is 5.69 Å². The lowest BCUT2D eigenvalue weighted by atomic mass is 9.80. The van der Waals surface area contributed by atoms with E-state index in [2.05, 4.69) is 36.7 Å². The molecule has 3 aromatic heterocycles. The molecule has 1 saturated heterocycles. The highest BCUT2D eigenvalue weighted by Gasteiger charge is 2.44. The highest BCUT2D eigenvalue weighted by molar-refractivity contribution is 6.23. The zero-order valence-electron chi connectivity index (χ0n) is 22.7. The third-order valence-corrected chi connectivity index (χ3v) is 8.97. The van der Waals surface area contributed by atoms with E-state index in [0.717, 1.165) is 70.7 Å². The number of anilines is 1. The summed E-state index contributed by atoms with van der Waals surface area (Å²) >= 11 is 0. The van der Waals surface area contributed by atoms with Gasteiger partial charge in [0.1, 0.15) is 6.04 Å². The number of nitrogens with zero attached hydrogens (tertiary/aromatic N) is 5. The molecule has 8 rings (SSSR count). The number of hydrogen-bond donors (Lipinski definition) is 3. The molecule has 4 aromatic rings. The van der Waals surface area contributed by atoms with Crippen LogP contribution in [-0.4, -0.2) is 66.1 Å². The average molecular weight is 565 g/mol. The normalized spacial score (nSPS) is 23.7. The molecular formula is C30H28N8O4. The molecule has 1 aromatic carbocycles. The van der Waals surface area contributed by atoms with Crippen LogP contribution in [0.2, 0.25) is 0 Å². The van der Waals surface area contributed by atoms with Gasteiger partial charge in [0.25, 0.3) is 11.8 Å². The number of aromatic nitrogens is 5. The Kier molecular flexibility index (Phi) is 5.53. The van der Waals surface area contributed by atoms with Crippen molar-refractivity contribution in [3.05, 3.63) is 59.7 Å². The van der Waals surface area contributed by atoms with Crippen molar-refractivity contribution in [2.75, 3.05) is 11.9 Å². The van der Waals surface area contributed by atoms with Gasteiger partial charge in [-0.25, -0.2) is 0 Å². The Labute approximate surface area is 239 Å². The van der Waals surface area contributed by atoms with Gasteiger partial charge in [-0.3, -0.25) is 44.2 Å². The highest BCUT2D eigenvalue weighted by Crippen LogP contribution is 2.46. The van der Waals surface area contributed by atoms with Crippen molar-refractivity contribution in [2.45, 2.75) is 56.5 Å². The van der Waals surface area contributed by atoms with E-state index in [1.807, 2.05) is 18.5 Å². The summed E-state index contributed by atoms with van der Waals surface area (Å²) in [5, 5.41) is 18.9. The first-order valence-corrected chi connectivity index (χ1v) is 14.4. The first-order valence-electron chi connectivity index (χ1n) is 14.4. The van der Waals surface area contributed by atoms with E-state index < -0.39 is 29.7 Å². The molecule has 212 valence electrons. The van der Waals surface area contributed by atoms with Gasteiger partial charge < -0.3 is 5.32 Å². The van der Waals surface area contributed by atoms with Crippen molar-refractivity contribution in [2.24, 2.45) is 5.92 Å². The van der Waals surface area contributed by atoms with Crippen molar-refractivity contribution < 1.29 is 19.2 Å². The number of piperidine rings is 1. The molecule has 12 nitrogen and oxygen atoms in total. The molecular weight excluding hydrogens is 536 g/mol. The minimum Gasteiger partial charge on any atom is -0.385 e. The van der Waals surface area contributed by atoms with E-state index >= 15 is 0 Å². The van der Waals surface area contributed by atoms with Crippen molar-refractivity contribution in [3.8, 4) is 11.3 Å². The van der Waals surface area contributed by atoms with E-state index in [0.29, 0.717) is 17.9 Å². The summed E-state index contributed by atoms with van der Waals surface area (Å²) in [6, 6.07) is 6.38. The largest absolute Gasteiger partial charge is 0.385 e. The number of rotatable bonds is 7. The molecule has 3 N–H and O–H groups in total. The van der Waals surface area contributed by atoms with Crippen LogP contribution < -0.4 is 10.6 Å². The summed E-state index contributed by atoms with van der Waals surface area (Å²) in [4.78, 5) is 55.6. The number of nitrogens with one attached hydrogen (secondary N) is 3. The maximum absolute atomic E-state index is 13.1. The summed E-state index contributed by atoms with van der Waals surface area (Å²) in [5.74, 6) is -1.07. The second kappa shape index (κ2) is 9.33. The van der Waals surface area contributed by atoms with E-state index in [1.165, 1.54) is 0 Å². The predicted molar refractivity (Wildman–Crippen MR) is 150 cm³/mol. The average Bonchev–Trinajstić information content (AvgIpc) is 3.43. The van der Waals surface area contributed by atoms with Gasteiger partial charge in [0.15, 0.2) is 0 Å². The smallest absolute Gasteiger partial charge is 0.262 e. The van der Waals surface area contributed by atoms with Crippen LogP contribution in [0, 0.1) is 5.92 Å². The summed E-state index contributed by atoms with van der Waals surface area (Å²) in [7, 11) is 0. The minimum atomic E-state index is -0.968. The van der Waals surface area contributed by atoms with Crippen molar-refractivity contribution in [1.29, 1.82) is 0 Å². The number of benzene rings is 1. The lowest BCUT2D eigenvalue weighted by Gasteiger charge is -2.35. The third-order valence-electron chi connectivity index (χ3n) is 8.97. The molecule has 2 aliphatic carbocycles. The van der Waals surface area contributed by atoms with Crippen LogP contribution in [0.25, 0.3) is 22.2 Å². The predicted octanol–water partition coefficient (Wildman–Crippen LogP) is 3.16. The number of pyridine rings is 1. The van der Waals surface area contributed by atoms with Crippen LogP contribution in [0.3, 0.4) is 0 Å².